The first-order valence-electron chi connectivity index (χ1n) is 7.57. The number of anilines is 1. The molecule has 1 aliphatic heterocycles. The van der Waals surface area contributed by atoms with E-state index in [1.165, 1.54) is 0 Å². The van der Waals surface area contributed by atoms with Crippen LogP contribution in [0.25, 0.3) is 11.3 Å². The van der Waals surface area contributed by atoms with E-state index in [4.69, 9.17) is 16.1 Å². The Morgan fingerprint density at radius 2 is 1.92 bits per heavy atom. The van der Waals surface area contributed by atoms with Gasteiger partial charge < -0.3 is 19.8 Å². The molecule has 1 saturated heterocycles. The Balaban J connectivity index is 1.79. The Bertz CT molecular complexity index is 751. The van der Waals surface area contributed by atoms with Crippen LogP contribution in [0.15, 0.2) is 28.8 Å². The first kappa shape index (κ1) is 16.3. The van der Waals surface area contributed by atoms with Gasteiger partial charge in [0.2, 0.25) is 5.91 Å². The molecule has 3 rings (SSSR count). The molecule has 2 aromatic rings. The molecule has 1 aromatic heterocycles. The Kier molecular flexibility index (Phi) is 4.71. The fourth-order valence-electron chi connectivity index (χ4n) is 2.65. The summed E-state index contributed by atoms with van der Waals surface area (Å²) < 4.78 is 5.18. The van der Waals surface area contributed by atoms with Gasteiger partial charge in [0.15, 0.2) is 17.1 Å². The zero-order valence-electron chi connectivity index (χ0n) is 12.8. The number of rotatable bonds is 5. The molecule has 126 valence electrons. The number of hydrogen-bond acceptors (Lipinski definition) is 5. The summed E-state index contributed by atoms with van der Waals surface area (Å²) in [6, 6.07) is 6.56. The molecule has 0 unspecified atom stereocenters. The summed E-state index contributed by atoms with van der Waals surface area (Å²) in [7, 11) is 0. The van der Waals surface area contributed by atoms with E-state index in [2.05, 4.69) is 10.5 Å². The van der Waals surface area contributed by atoms with Crippen molar-refractivity contribution in [3.8, 4) is 11.3 Å². The van der Waals surface area contributed by atoms with Crippen LogP contribution in [0.1, 0.15) is 23.2 Å². The van der Waals surface area contributed by atoms with Crippen molar-refractivity contribution in [2.45, 2.75) is 12.8 Å². The van der Waals surface area contributed by atoms with Crippen LogP contribution in [0.5, 0.6) is 0 Å². The second-order valence-corrected chi connectivity index (χ2v) is 5.93. The first-order chi connectivity index (χ1) is 11.6. The lowest BCUT2D eigenvalue weighted by atomic mass is 10.1. The number of nitrogens with one attached hydrogen (secondary N) is 1. The van der Waals surface area contributed by atoms with Crippen LogP contribution < -0.4 is 5.32 Å². The van der Waals surface area contributed by atoms with Crippen molar-refractivity contribution in [1.82, 2.24) is 10.1 Å². The van der Waals surface area contributed by atoms with E-state index in [1.54, 1.807) is 29.2 Å². The average Bonchev–Trinajstić information content (AvgIpc) is 3.23. The number of carbonyl (C=O) groups excluding carboxylic acids is 1. The molecule has 0 atom stereocenters. The van der Waals surface area contributed by atoms with Gasteiger partial charge in [-0.15, -0.1) is 0 Å². The van der Waals surface area contributed by atoms with Gasteiger partial charge in [-0.3, -0.25) is 4.79 Å². The van der Waals surface area contributed by atoms with Crippen molar-refractivity contribution >= 4 is 29.3 Å². The second-order valence-electron chi connectivity index (χ2n) is 5.49. The SMILES string of the molecule is O=C(O)c1c(NCC(=O)N2CCCC2)noc1-c1ccc(Cl)cc1. The lowest BCUT2D eigenvalue weighted by Gasteiger charge is -2.15. The highest BCUT2D eigenvalue weighted by Gasteiger charge is 2.25. The van der Waals surface area contributed by atoms with E-state index >= 15 is 0 Å². The minimum absolute atomic E-state index is 0.0210. The number of amides is 1. The van der Waals surface area contributed by atoms with Crippen molar-refractivity contribution in [2.24, 2.45) is 0 Å². The maximum absolute atomic E-state index is 12.1. The van der Waals surface area contributed by atoms with Gasteiger partial charge in [-0.2, -0.15) is 0 Å². The molecule has 0 saturated carbocycles. The van der Waals surface area contributed by atoms with Crippen molar-refractivity contribution < 1.29 is 19.2 Å². The third-order valence-corrected chi connectivity index (χ3v) is 4.13. The summed E-state index contributed by atoms with van der Waals surface area (Å²) in [6.45, 7) is 1.45. The van der Waals surface area contributed by atoms with Crippen LogP contribution in [0.3, 0.4) is 0 Å². The van der Waals surface area contributed by atoms with Crippen LogP contribution in [0.2, 0.25) is 5.02 Å². The molecular weight excluding hydrogens is 334 g/mol. The predicted molar refractivity (Wildman–Crippen MR) is 88.2 cm³/mol. The van der Waals surface area contributed by atoms with Gasteiger partial charge in [-0.1, -0.05) is 16.8 Å². The molecule has 1 aromatic carbocycles. The van der Waals surface area contributed by atoms with Gasteiger partial charge in [0, 0.05) is 23.7 Å². The standard InChI is InChI=1S/C16H16ClN3O4/c17-11-5-3-10(4-6-11)14-13(16(22)23)15(19-24-14)18-9-12(21)20-7-1-2-8-20/h3-6H,1-2,7-9H2,(H,18,19)(H,22,23). The number of carboxylic acids is 1. The number of hydrogen-bond donors (Lipinski definition) is 2. The fraction of sp³-hybridized carbons (Fsp3) is 0.312. The van der Waals surface area contributed by atoms with E-state index in [0.29, 0.717) is 10.6 Å². The molecule has 1 amide bonds. The molecule has 24 heavy (non-hydrogen) atoms. The Labute approximate surface area is 143 Å². The van der Waals surface area contributed by atoms with E-state index < -0.39 is 5.97 Å². The molecule has 0 spiro atoms. The first-order valence-corrected chi connectivity index (χ1v) is 7.94. The van der Waals surface area contributed by atoms with Crippen LogP contribution in [0, 0.1) is 0 Å². The normalized spacial score (nSPS) is 14.0. The highest BCUT2D eigenvalue weighted by molar-refractivity contribution is 6.30. The topological polar surface area (TPSA) is 95.7 Å². The largest absolute Gasteiger partial charge is 0.477 e. The summed E-state index contributed by atoms with van der Waals surface area (Å²) in [5.41, 5.74) is 0.440. The van der Waals surface area contributed by atoms with Gasteiger partial charge >= 0.3 is 5.97 Å². The monoisotopic (exact) mass is 349 g/mol. The number of carboxylic acid groups (broad SMARTS) is 1. The zero-order chi connectivity index (χ0) is 17.1. The third-order valence-electron chi connectivity index (χ3n) is 3.88. The summed E-state index contributed by atoms with van der Waals surface area (Å²) in [6.07, 6.45) is 1.99. The molecule has 0 bridgehead atoms. The van der Waals surface area contributed by atoms with Crippen molar-refractivity contribution in [2.75, 3.05) is 25.0 Å². The summed E-state index contributed by atoms with van der Waals surface area (Å²) in [5, 5.41) is 16.5. The summed E-state index contributed by atoms with van der Waals surface area (Å²) in [4.78, 5) is 25.4. The number of aromatic nitrogens is 1. The molecule has 0 aliphatic carbocycles. The average molecular weight is 350 g/mol. The maximum Gasteiger partial charge on any atom is 0.343 e. The number of nitrogens with zero attached hydrogens (tertiary/aromatic N) is 2. The molecule has 1 aliphatic rings. The minimum Gasteiger partial charge on any atom is -0.477 e. The van der Waals surface area contributed by atoms with E-state index in [9.17, 15) is 14.7 Å². The van der Waals surface area contributed by atoms with Gasteiger partial charge in [0.05, 0.1) is 6.54 Å². The van der Waals surface area contributed by atoms with Gasteiger partial charge in [0.1, 0.15) is 0 Å². The van der Waals surface area contributed by atoms with Gasteiger partial charge in [-0.05, 0) is 37.1 Å². The molecule has 0 radical (unpaired) electrons. The molecule has 2 N–H and O–H groups in total. The van der Waals surface area contributed by atoms with Crippen LogP contribution in [0.4, 0.5) is 5.82 Å². The van der Waals surface area contributed by atoms with Crippen LogP contribution >= 0.6 is 11.6 Å². The summed E-state index contributed by atoms with van der Waals surface area (Å²) >= 11 is 5.84. The highest BCUT2D eigenvalue weighted by Crippen LogP contribution is 2.30. The smallest absolute Gasteiger partial charge is 0.343 e. The van der Waals surface area contributed by atoms with Crippen LogP contribution in [-0.4, -0.2) is 46.7 Å². The molecular formula is C16H16ClN3O4. The van der Waals surface area contributed by atoms with Crippen LogP contribution in [-0.2, 0) is 4.79 Å². The highest BCUT2D eigenvalue weighted by atomic mass is 35.5. The van der Waals surface area contributed by atoms with Gasteiger partial charge in [-0.25, -0.2) is 4.79 Å². The Hall–Kier alpha value is -2.54. The Morgan fingerprint density at radius 1 is 1.25 bits per heavy atom. The lowest BCUT2D eigenvalue weighted by Crippen LogP contribution is -2.33. The molecule has 2 heterocycles. The second kappa shape index (κ2) is 6.92. The number of likely N-dealkylation sites (tertiary alicyclic amines) is 1. The Morgan fingerprint density at radius 3 is 2.54 bits per heavy atom. The zero-order valence-corrected chi connectivity index (χ0v) is 13.5. The predicted octanol–water partition coefficient (Wildman–Crippen LogP) is 2.73. The van der Waals surface area contributed by atoms with Crippen molar-refractivity contribution in [3.63, 3.8) is 0 Å². The van der Waals surface area contributed by atoms with Gasteiger partial charge in [0.25, 0.3) is 0 Å². The summed E-state index contributed by atoms with van der Waals surface area (Å²) in [5.74, 6) is -1.10. The van der Waals surface area contributed by atoms with Crippen molar-refractivity contribution in [3.05, 3.63) is 34.9 Å². The quantitative estimate of drug-likeness (QED) is 0.861. The molecule has 7 nitrogen and oxygen atoms in total. The van der Waals surface area contributed by atoms with Crippen molar-refractivity contribution in [1.29, 1.82) is 0 Å². The minimum atomic E-state index is -1.18. The van der Waals surface area contributed by atoms with E-state index in [0.717, 1.165) is 25.9 Å². The number of benzene rings is 1. The maximum atomic E-state index is 12.1. The lowest BCUT2D eigenvalue weighted by molar-refractivity contribution is -0.128. The third kappa shape index (κ3) is 3.35. The number of carbonyl (C=O) groups is 2. The number of aromatic carboxylic acids is 1. The van der Waals surface area contributed by atoms with E-state index in [1.807, 2.05) is 0 Å². The molecule has 1 fully saturated rings. The van der Waals surface area contributed by atoms with E-state index in [-0.39, 0.29) is 29.6 Å². The molecule has 8 heteroatoms. The number of halogens is 1. The fourth-order valence-corrected chi connectivity index (χ4v) is 2.77.